The van der Waals surface area contributed by atoms with Crippen molar-refractivity contribution in [2.45, 2.75) is 13.2 Å². The van der Waals surface area contributed by atoms with Crippen LogP contribution in [0.2, 0.25) is 5.02 Å². The highest BCUT2D eigenvalue weighted by Crippen LogP contribution is 2.36. The summed E-state index contributed by atoms with van der Waals surface area (Å²) in [7, 11) is 1.58. The van der Waals surface area contributed by atoms with Gasteiger partial charge in [-0.05, 0) is 35.4 Å². The Morgan fingerprint density at radius 1 is 1.20 bits per heavy atom. The van der Waals surface area contributed by atoms with Gasteiger partial charge < -0.3 is 15.2 Å². The number of benzene rings is 2. The number of hydrogen-bond donors (Lipinski definition) is 1. The summed E-state index contributed by atoms with van der Waals surface area (Å²) < 4.78 is 12.1. The van der Waals surface area contributed by atoms with Crippen LogP contribution in [0.1, 0.15) is 11.1 Å². The van der Waals surface area contributed by atoms with Crippen molar-refractivity contribution >= 4 is 27.5 Å². The zero-order valence-corrected chi connectivity index (χ0v) is 13.4. The molecular weight excluding hydrogens is 342 g/mol. The van der Waals surface area contributed by atoms with E-state index in [0.29, 0.717) is 29.7 Å². The van der Waals surface area contributed by atoms with Gasteiger partial charge in [0.05, 0.1) is 12.1 Å². The number of methoxy groups -OCH3 is 1. The van der Waals surface area contributed by atoms with Crippen LogP contribution >= 0.6 is 27.5 Å². The second kappa shape index (κ2) is 6.97. The van der Waals surface area contributed by atoms with Crippen LogP contribution in [-0.4, -0.2) is 7.11 Å². The maximum absolute atomic E-state index is 6.22. The molecule has 0 aliphatic heterocycles. The number of ether oxygens (including phenoxy) is 2. The molecular formula is C15H15BrClNO2. The van der Waals surface area contributed by atoms with E-state index in [1.807, 2.05) is 30.3 Å². The Bertz CT molecular complexity index is 604. The van der Waals surface area contributed by atoms with E-state index in [1.165, 1.54) is 0 Å². The molecule has 2 N–H and O–H groups in total. The lowest BCUT2D eigenvalue weighted by atomic mass is 10.2. The minimum absolute atomic E-state index is 0.405. The van der Waals surface area contributed by atoms with E-state index >= 15 is 0 Å². The van der Waals surface area contributed by atoms with Crippen LogP contribution in [0.4, 0.5) is 0 Å². The van der Waals surface area contributed by atoms with E-state index < -0.39 is 0 Å². The first-order chi connectivity index (χ1) is 9.63. The Labute approximate surface area is 131 Å². The van der Waals surface area contributed by atoms with Crippen molar-refractivity contribution in [3.8, 4) is 11.5 Å². The summed E-state index contributed by atoms with van der Waals surface area (Å²) in [6, 6.07) is 11.5. The molecule has 0 saturated carbocycles. The number of hydrogen-bond acceptors (Lipinski definition) is 3. The predicted octanol–water partition coefficient (Wildman–Crippen LogP) is 4.15. The first kappa shape index (κ1) is 15.2. The van der Waals surface area contributed by atoms with Crippen molar-refractivity contribution in [2.75, 3.05) is 7.11 Å². The van der Waals surface area contributed by atoms with E-state index in [1.54, 1.807) is 13.2 Å². The van der Waals surface area contributed by atoms with Gasteiger partial charge in [0, 0.05) is 11.0 Å². The first-order valence-electron chi connectivity index (χ1n) is 6.07. The average Bonchev–Trinajstić information content (AvgIpc) is 2.45. The standard InChI is InChI=1S/C15H15BrClNO2/c1-19-14-7-11(8-18)6-13(17)15(14)20-9-10-3-2-4-12(16)5-10/h2-7H,8-9,18H2,1H3. The third kappa shape index (κ3) is 3.66. The summed E-state index contributed by atoms with van der Waals surface area (Å²) in [5.74, 6) is 1.12. The average molecular weight is 357 g/mol. The van der Waals surface area contributed by atoms with Crippen molar-refractivity contribution < 1.29 is 9.47 Å². The van der Waals surface area contributed by atoms with Gasteiger partial charge in [-0.3, -0.25) is 0 Å². The fourth-order valence-corrected chi connectivity index (χ4v) is 2.55. The van der Waals surface area contributed by atoms with Gasteiger partial charge in [-0.2, -0.15) is 0 Å². The zero-order chi connectivity index (χ0) is 14.5. The first-order valence-corrected chi connectivity index (χ1v) is 7.25. The smallest absolute Gasteiger partial charge is 0.180 e. The van der Waals surface area contributed by atoms with E-state index in [9.17, 15) is 0 Å². The molecule has 2 aromatic rings. The quantitative estimate of drug-likeness (QED) is 0.875. The maximum atomic E-state index is 6.22. The molecule has 0 saturated heterocycles. The fraction of sp³-hybridized carbons (Fsp3) is 0.200. The van der Waals surface area contributed by atoms with Gasteiger partial charge in [0.2, 0.25) is 0 Å². The van der Waals surface area contributed by atoms with Crippen LogP contribution < -0.4 is 15.2 Å². The fourth-order valence-electron chi connectivity index (χ4n) is 1.81. The van der Waals surface area contributed by atoms with Crippen LogP contribution in [0.15, 0.2) is 40.9 Å². The molecule has 3 nitrogen and oxygen atoms in total. The maximum Gasteiger partial charge on any atom is 0.180 e. The van der Waals surface area contributed by atoms with Crippen LogP contribution in [0.3, 0.4) is 0 Å². The van der Waals surface area contributed by atoms with Crippen molar-refractivity contribution in [1.29, 1.82) is 0 Å². The molecule has 0 heterocycles. The monoisotopic (exact) mass is 355 g/mol. The third-order valence-corrected chi connectivity index (χ3v) is 3.57. The van der Waals surface area contributed by atoms with Crippen LogP contribution in [0.5, 0.6) is 11.5 Å². The molecule has 0 aliphatic carbocycles. The topological polar surface area (TPSA) is 44.5 Å². The van der Waals surface area contributed by atoms with Gasteiger partial charge in [-0.1, -0.05) is 39.7 Å². The van der Waals surface area contributed by atoms with Crippen molar-refractivity contribution in [2.24, 2.45) is 5.73 Å². The van der Waals surface area contributed by atoms with Crippen molar-refractivity contribution in [3.63, 3.8) is 0 Å². The minimum Gasteiger partial charge on any atom is -0.493 e. The Morgan fingerprint density at radius 2 is 2.00 bits per heavy atom. The highest BCUT2D eigenvalue weighted by atomic mass is 79.9. The van der Waals surface area contributed by atoms with Crippen LogP contribution in [-0.2, 0) is 13.2 Å². The van der Waals surface area contributed by atoms with Gasteiger partial charge in [-0.25, -0.2) is 0 Å². The molecule has 5 heteroatoms. The second-order valence-electron chi connectivity index (χ2n) is 4.23. The molecule has 0 unspecified atom stereocenters. The van der Waals surface area contributed by atoms with Gasteiger partial charge in [-0.15, -0.1) is 0 Å². The summed E-state index contributed by atoms with van der Waals surface area (Å²) >= 11 is 9.65. The van der Waals surface area contributed by atoms with E-state index in [0.717, 1.165) is 15.6 Å². The molecule has 0 bridgehead atoms. The molecule has 0 spiro atoms. The van der Waals surface area contributed by atoms with Gasteiger partial charge in [0.1, 0.15) is 6.61 Å². The van der Waals surface area contributed by atoms with Gasteiger partial charge in [0.25, 0.3) is 0 Å². The number of rotatable bonds is 5. The lowest BCUT2D eigenvalue weighted by Gasteiger charge is -2.14. The molecule has 0 fully saturated rings. The summed E-state index contributed by atoms with van der Waals surface area (Å²) in [6.45, 7) is 0.819. The number of halogens is 2. The lowest BCUT2D eigenvalue weighted by molar-refractivity contribution is 0.284. The van der Waals surface area contributed by atoms with E-state index in [4.69, 9.17) is 26.8 Å². The Kier molecular flexibility index (Phi) is 5.29. The lowest BCUT2D eigenvalue weighted by Crippen LogP contribution is -2.01. The molecule has 2 rings (SSSR count). The molecule has 0 atom stereocenters. The third-order valence-electron chi connectivity index (χ3n) is 2.80. The van der Waals surface area contributed by atoms with Crippen molar-refractivity contribution in [3.05, 3.63) is 57.0 Å². The summed E-state index contributed by atoms with van der Waals surface area (Å²) in [6.07, 6.45) is 0. The SMILES string of the molecule is COc1cc(CN)cc(Cl)c1OCc1cccc(Br)c1. The molecule has 0 amide bonds. The normalized spacial score (nSPS) is 10.4. The summed E-state index contributed by atoms with van der Waals surface area (Å²) in [5.41, 5.74) is 7.56. The molecule has 106 valence electrons. The zero-order valence-electron chi connectivity index (χ0n) is 11.0. The second-order valence-corrected chi connectivity index (χ2v) is 5.55. The summed E-state index contributed by atoms with van der Waals surface area (Å²) in [5, 5.41) is 0.500. The largest absolute Gasteiger partial charge is 0.493 e. The summed E-state index contributed by atoms with van der Waals surface area (Å²) in [4.78, 5) is 0. The number of nitrogens with two attached hydrogens (primary N) is 1. The van der Waals surface area contributed by atoms with Gasteiger partial charge in [0.15, 0.2) is 11.5 Å². The molecule has 0 aromatic heterocycles. The molecule has 0 radical (unpaired) electrons. The van der Waals surface area contributed by atoms with E-state index in [-0.39, 0.29) is 0 Å². The highest BCUT2D eigenvalue weighted by Gasteiger charge is 2.12. The highest BCUT2D eigenvalue weighted by molar-refractivity contribution is 9.10. The molecule has 2 aromatic carbocycles. The predicted molar refractivity (Wildman–Crippen MR) is 84.4 cm³/mol. The Hall–Kier alpha value is -1.23. The Balaban J connectivity index is 2.20. The molecule has 20 heavy (non-hydrogen) atoms. The van der Waals surface area contributed by atoms with Crippen LogP contribution in [0.25, 0.3) is 0 Å². The Morgan fingerprint density at radius 3 is 2.65 bits per heavy atom. The minimum atomic E-state index is 0.405. The molecule has 0 aliphatic rings. The van der Waals surface area contributed by atoms with Crippen LogP contribution in [0, 0.1) is 0 Å². The van der Waals surface area contributed by atoms with Crippen molar-refractivity contribution in [1.82, 2.24) is 0 Å². The van der Waals surface area contributed by atoms with Gasteiger partial charge >= 0.3 is 0 Å². The van der Waals surface area contributed by atoms with E-state index in [2.05, 4.69) is 15.9 Å².